The van der Waals surface area contributed by atoms with Gasteiger partial charge in [-0.3, -0.25) is 5.26 Å². The van der Waals surface area contributed by atoms with Gasteiger partial charge in [0.2, 0.25) is 0 Å². The summed E-state index contributed by atoms with van der Waals surface area (Å²) in [5, 5.41) is 25.3. The predicted octanol–water partition coefficient (Wildman–Crippen LogP) is -0.518. The molecule has 3 N–H and O–H groups in total. The van der Waals surface area contributed by atoms with Gasteiger partial charge >= 0.3 is 11.9 Å². The lowest BCUT2D eigenvalue weighted by molar-refractivity contribution is -0.895. The van der Waals surface area contributed by atoms with Gasteiger partial charge in [-0.05, 0) is 0 Å². The summed E-state index contributed by atoms with van der Waals surface area (Å²) in [4.78, 5) is 24.9. The second-order valence-corrected chi connectivity index (χ2v) is 3.63. The van der Waals surface area contributed by atoms with Gasteiger partial charge in [0.05, 0.1) is 20.2 Å². The highest BCUT2D eigenvalue weighted by atomic mass is 17.1. The molecule has 0 aliphatic carbocycles. The van der Waals surface area contributed by atoms with Crippen LogP contribution in [0.1, 0.15) is 6.42 Å². The van der Waals surface area contributed by atoms with Crippen molar-refractivity contribution in [2.75, 3.05) is 33.3 Å². The summed E-state index contributed by atoms with van der Waals surface area (Å²) >= 11 is 0. The van der Waals surface area contributed by atoms with E-state index in [0.29, 0.717) is 13.0 Å². The van der Waals surface area contributed by atoms with Crippen LogP contribution < -0.4 is 0 Å². The zero-order chi connectivity index (χ0) is 11.9. The number of rotatable bonds is 8. The van der Waals surface area contributed by atoms with Crippen molar-refractivity contribution in [3.05, 3.63) is 0 Å². The van der Waals surface area contributed by atoms with Crippen LogP contribution in [-0.2, 0) is 14.5 Å². The van der Waals surface area contributed by atoms with Crippen LogP contribution in [0.3, 0.4) is 0 Å². The van der Waals surface area contributed by atoms with E-state index in [0.717, 1.165) is 0 Å². The zero-order valence-electron chi connectivity index (χ0n) is 8.55. The third-order valence-electron chi connectivity index (χ3n) is 1.97. The highest BCUT2D eigenvalue weighted by molar-refractivity contribution is 5.70. The maximum Gasteiger partial charge on any atom is 0.359 e. The SMILES string of the molecule is C[N+](CCCOO)(CC(=O)O)CC(=O)O. The molecule has 0 spiro atoms. The third kappa shape index (κ3) is 6.83. The molecule has 0 atom stereocenters. The number of hydrogen-bond donors (Lipinski definition) is 3. The van der Waals surface area contributed by atoms with Gasteiger partial charge in [0.25, 0.3) is 0 Å². The molecule has 0 aromatic rings. The lowest BCUT2D eigenvalue weighted by atomic mass is 10.3. The molecule has 0 saturated carbocycles. The Morgan fingerprint density at radius 1 is 1.20 bits per heavy atom. The van der Waals surface area contributed by atoms with Crippen LogP contribution in [0, 0.1) is 0 Å². The molecule has 0 rings (SSSR count). The molecule has 7 heteroatoms. The monoisotopic (exact) mass is 222 g/mol. The Morgan fingerprint density at radius 3 is 2.00 bits per heavy atom. The molecule has 7 nitrogen and oxygen atoms in total. The molecule has 88 valence electrons. The number of quaternary nitrogens is 1. The first-order chi connectivity index (χ1) is 6.89. The summed E-state index contributed by atoms with van der Waals surface area (Å²) in [7, 11) is 1.54. The summed E-state index contributed by atoms with van der Waals surface area (Å²) < 4.78 is -0.117. The fraction of sp³-hybridized carbons (Fsp3) is 0.750. The Kier molecular flexibility index (Phi) is 5.83. The Morgan fingerprint density at radius 2 is 1.67 bits per heavy atom. The van der Waals surface area contributed by atoms with Crippen molar-refractivity contribution in [1.82, 2.24) is 0 Å². The van der Waals surface area contributed by atoms with E-state index in [2.05, 4.69) is 4.89 Å². The van der Waals surface area contributed by atoms with E-state index < -0.39 is 11.9 Å². The highest BCUT2D eigenvalue weighted by Gasteiger charge is 2.27. The van der Waals surface area contributed by atoms with Crippen molar-refractivity contribution >= 4 is 11.9 Å². The fourth-order valence-electron chi connectivity index (χ4n) is 1.38. The molecule has 0 saturated heterocycles. The van der Waals surface area contributed by atoms with Crippen LogP contribution in [0.25, 0.3) is 0 Å². The zero-order valence-corrected chi connectivity index (χ0v) is 8.55. The summed E-state index contributed by atoms with van der Waals surface area (Å²) in [6.07, 6.45) is 0.396. The maximum absolute atomic E-state index is 10.5. The van der Waals surface area contributed by atoms with E-state index in [9.17, 15) is 9.59 Å². The minimum atomic E-state index is -1.05. The number of carbonyl (C=O) groups is 2. The number of likely N-dealkylation sites (N-methyl/N-ethyl adjacent to an activating group) is 1. The molecule has 0 radical (unpaired) electrons. The van der Waals surface area contributed by atoms with Gasteiger partial charge in [-0.15, -0.1) is 0 Å². The van der Waals surface area contributed by atoms with Crippen molar-refractivity contribution in [2.24, 2.45) is 0 Å². The third-order valence-corrected chi connectivity index (χ3v) is 1.97. The van der Waals surface area contributed by atoms with Gasteiger partial charge in [-0.2, -0.15) is 0 Å². The number of carboxylic acid groups (broad SMARTS) is 2. The van der Waals surface area contributed by atoms with Gasteiger partial charge in [-0.25, -0.2) is 14.5 Å². The van der Waals surface area contributed by atoms with E-state index in [1.54, 1.807) is 7.05 Å². The predicted molar refractivity (Wildman–Crippen MR) is 49.3 cm³/mol. The van der Waals surface area contributed by atoms with Crippen molar-refractivity contribution in [3.8, 4) is 0 Å². The van der Waals surface area contributed by atoms with Crippen LogP contribution in [-0.4, -0.2) is 65.2 Å². The summed E-state index contributed by atoms with van der Waals surface area (Å²) in [5.41, 5.74) is 0. The van der Waals surface area contributed by atoms with Crippen molar-refractivity contribution in [2.45, 2.75) is 6.42 Å². The van der Waals surface area contributed by atoms with Gasteiger partial charge in [-0.1, -0.05) is 0 Å². The maximum atomic E-state index is 10.5. The van der Waals surface area contributed by atoms with Crippen molar-refractivity contribution in [3.63, 3.8) is 0 Å². The normalized spacial score (nSPS) is 11.3. The first kappa shape index (κ1) is 13.8. The van der Waals surface area contributed by atoms with E-state index in [4.69, 9.17) is 15.5 Å². The first-order valence-electron chi connectivity index (χ1n) is 4.43. The van der Waals surface area contributed by atoms with Crippen LogP contribution in [0.5, 0.6) is 0 Å². The molecule has 15 heavy (non-hydrogen) atoms. The Balaban J connectivity index is 4.26. The molecule has 0 heterocycles. The van der Waals surface area contributed by atoms with Crippen molar-refractivity contribution in [1.29, 1.82) is 0 Å². The van der Waals surface area contributed by atoms with Crippen molar-refractivity contribution < 1.29 is 34.4 Å². The lowest BCUT2D eigenvalue weighted by Crippen LogP contribution is -2.51. The second kappa shape index (κ2) is 6.33. The minimum absolute atomic E-state index is 0.0626. The number of aliphatic carboxylic acids is 2. The summed E-state index contributed by atoms with van der Waals surface area (Å²) in [6, 6.07) is 0. The molecule has 0 aromatic heterocycles. The van der Waals surface area contributed by atoms with E-state index in [-0.39, 0.29) is 24.2 Å². The quantitative estimate of drug-likeness (QED) is 0.221. The van der Waals surface area contributed by atoms with Crippen LogP contribution in [0.4, 0.5) is 0 Å². The fourth-order valence-corrected chi connectivity index (χ4v) is 1.38. The van der Waals surface area contributed by atoms with Gasteiger partial charge in [0.1, 0.15) is 0 Å². The second-order valence-electron chi connectivity index (χ2n) is 3.63. The standard InChI is InChI=1S/C8H15NO6/c1-9(5-7(10)11,6-8(12)13)3-2-4-15-14/h2-6H2,1H3,(H2-,10,11,12,13,14)/p+1. The molecule has 0 bridgehead atoms. The number of nitrogens with zero attached hydrogens (tertiary/aromatic N) is 1. The Labute approximate surface area is 87.0 Å². The minimum Gasteiger partial charge on any atom is -0.477 e. The van der Waals surface area contributed by atoms with E-state index >= 15 is 0 Å². The van der Waals surface area contributed by atoms with Gasteiger partial charge < -0.3 is 14.7 Å². The van der Waals surface area contributed by atoms with Crippen LogP contribution >= 0.6 is 0 Å². The van der Waals surface area contributed by atoms with Gasteiger partial charge in [0, 0.05) is 6.42 Å². The Hall–Kier alpha value is -1.18. The molecule has 0 amide bonds. The first-order valence-corrected chi connectivity index (χ1v) is 4.43. The molecular formula is C8H16NO6+. The topological polar surface area (TPSA) is 104 Å². The largest absolute Gasteiger partial charge is 0.477 e. The Bertz CT molecular complexity index is 213. The lowest BCUT2D eigenvalue weighted by Gasteiger charge is -2.30. The van der Waals surface area contributed by atoms with Crippen LogP contribution in [0.15, 0.2) is 0 Å². The van der Waals surface area contributed by atoms with Gasteiger partial charge in [0.15, 0.2) is 13.1 Å². The average Bonchev–Trinajstić information content (AvgIpc) is 2.00. The average molecular weight is 222 g/mol. The molecule has 0 fully saturated rings. The highest BCUT2D eigenvalue weighted by Crippen LogP contribution is 2.04. The molecule has 0 aliphatic rings. The molecule has 0 aromatic carbocycles. The molecular weight excluding hydrogens is 206 g/mol. The van der Waals surface area contributed by atoms with E-state index in [1.165, 1.54) is 0 Å². The van der Waals surface area contributed by atoms with Crippen LogP contribution in [0.2, 0.25) is 0 Å². The summed E-state index contributed by atoms with van der Waals surface area (Å²) in [5.74, 6) is -2.10. The summed E-state index contributed by atoms with van der Waals surface area (Å²) in [6.45, 7) is -0.151. The van der Waals surface area contributed by atoms with E-state index in [1.807, 2.05) is 0 Å². The molecule has 0 unspecified atom stereocenters. The number of carboxylic acids is 2. The number of hydrogen-bond acceptors (Lipinski definition) is 4. The smallest absolute Gasteiger partial charge is 0.359 e. The molecule has 0 aliphatic heterocycles.